The first-order valence-electron chi connectivity index (χ1n) is 6.07. The summed E-state index contributed by atoms with van der Waals surface area (Å²) in [6.45, 7) is 6.14. The molecular weight excluding hydrogens is 226 g/mol. The topological polar surface area (TPSA) is 50.9 Å². The van der Waals surface area contributed by atoms with Gasteiger partial charge in [0.2, 0.25) is 0 Å². The van der Waals surface area contributed by atoms with Gasteiger partial charge in [-0.15, -0.1) is 0 Å². The molecule has 1 N–H and O–H groups in total. The summed E-state index contributed by atoms with van der Waals surface area (Å²) >= 11 is 0. The Balaban J connectivity index is 2.29. The fourth-order valence-electron chi connectivity index (χ4n) is 2.50. The third kappa shape index (κ3) is 2.43. The summed E-state index contributed by atoms with van der Waals surface area (Å²) in [4.78, 5) is 4.15. The number of aliphatic hydroxyl groups is 1. The second-order valence-corrected chi connectivity index (χ2v) is 4.83. The molecule has 1 atom stereocenters. The minimum atomic E-state index is -0.534. The molecule has 1 aromatic carbocycles. The minimum Gasteiger partial charge on any atom is -0.388 e. The number of hydrogen-bond donors (Lipinski definition) is 1. The van der Waals surface area contributed by atoms with Crippen LogP contribution in [0.4, 0.5) is 0 Å². The normalized spacial score (nSPS) is 12.7. The Kier molecular flexibility index (Phi) is 3.48. The van der Waals surface area contributed by atoms with E-state index in [9.17, 15) is 5.11 Å². The highest BCUT2D eigenvalue weighted by Crippen LogP contribution is 2.25. The van der Waals surface area contributed by atoms with E-state index in [1.165, 1.54) is 11.9 Å². The molecule has 0 aliphatic rings. The summed E-state index contributed by atoms with van der Waals surface area (Å²) < 4.78 is 1.70. The van der Waals surface area contributed by atoms with Crippen molar-refractivity contribution in [2.75, 3.05) is 0 Å². The molecular formula is C14H19N3O. The molecule has 4 heteroatoms. The number of rotatable bonds is 3. The van der Waals surface area contributed by atoms with Gasteiger partial charge in [-0.3, -0.25) is 4.68 Å². The lowest BCUT2D eigenvalue weighted by molar-refractivity contribution is 0.173. The Morgan fingerprint density at radius 1 is 1.22 bits per heavy atom. The summed E-state index contributed by atoms with van der Waals surface area (Å²) in [6.07, 6.45) is 1.46. The van der Waals surface area contributed by atoms with Crippen molar-refractivity contribution in [3.05, 3.63) is 46.5 Å². The summed E-state index contributed by atoms with van der Waals surface area (Å²) in [6, 6.07) is 4.20. The van der Waals surface area contributed by atoms with Gasteiger partial charge in [0.25, 0.3) is 0 Å². The number of nitrogens with zero attached hydrogens (tertiary/aromatic N) is 3. The van der Waals surface area contributed by atoms with Gasteiger partial charge in [0.05, 0.1) is 6.10 Å². The molecule has 0 aliphatic heterocycles. The molecule has 4 nitrogen and oxygen atoms in total. The molecule has 0 saturated carbocycles. The first-order valence-corrected chi connectivity index (χ1v) is 6.07. The third-order valence-electron chi connectivity index (χ3n) is 3.25. The zero-order chi connectivity index (χ0) is 13.3. The molecule has 0 spiro atoms. The van der Waals surface area contributed by atoms with E-state index in [0.29, 0.717) is 6.42 Å². The van der Waals surface area contributed by atoms with Crippen LogP contribution in [0.25, 0.3) is 0 Å². The van der Waals surface area contributed by atoms with Crippen LogP contribution in [0.3, 0.4) is 0 Å². The van der Waals surface area contributed by atoms with Crippen molar-refractivity contribution in [1.82, 2.24) is 14.8 Å². The molecule has 96 valence electrons. The van der Waals surface area contributed by atoms with E-state index in [1.807, 2.05) is 20.9 Å². The third-order valence-corrected chi connectivity index (χ3v) is 3.25. The second-order valence-electron chi connectivity index (χ2n) is 4.83. The average Bonchev–Trinajstić information content (AvgIpc) is 2.62. The minimum absolute atomic E-state index is 0.487. The SMILES string of the molecule is Cc1cc(C)c(C(O)Cc2ncnn2C)c(C)c1. The molecule has 2 rings (SSSR count). The van der Waals surface area contributed by atoms with E-state index in [2.05, 4.69) is 29.1 Å². The lowest BCUT2D eigenvalue weighted by Gasteiger charge is -2.17. The zero-order valence-electron chi connectivity index (χ0n) is 11.3. The zero-order valence-corrected chi connectivity index (χ0v) is 11.3. The van der Waals surface area contributed by atoms with Crippen molar-refractivity contribution in [2.45, 2.75) is 33.3 Å². The van der Waals surface area contributed by atoms with E-state index in [4.69, 9.17) is 0 Å². The highest BCUT2D eigenvalue weighted by Gasteiger charge is 2.16. The van der Waals surface area contributed by atoms with Crippen LogP contribution in [0.1, 0.15) is 34.2 Å². The van der Waals surface area contributed by atoms with Crippen LogP contribution in [0.5, 0.6) is 0 Å². The lowest BCUT2D eigenvalue weighted by Crippen LogP contribution is -2.10. The second kappa shape index (κ2) is 4.90. The van der Waals surface area contributed by atoms with E-state index in [0.717, 1.165) is 22.5 Å². The van der Waals surface area contributed by atoms with Gasteiger partial charge < -0.3 is 5.11 Å². The Morgan fingerprint density at radius 2 is 1.83 bits per heavy atom. The summed E-state index contributed by atoms with van der Waals surface area (Å²) in [7, 11) is 1.84. The van der Waals surface area contributed by atoms with Gasteiger partial charge in [-0.1, -0.05) is 17.7 Å². The molecule has 1 aromatic heterocycles. The van der Waals surface area contributed by atoms with Crippen LogP contribution < -0.4 is 0 Å². The Morgan fingerprint density at radius 3 is 2.33 bits per heavy atom. The van der Waals surface area contributed by atoms with E-state index in [-0.39, 0.29) is 0 Å². The number of hydrogen-bond acceptors (Lipinski definition) is 3. The van der Waals surface area contributed by atoms with Crippen LogP contribution in [0, 0.1) is 20.8 Å². The number of aromatic nitrogens is 3. The van der Waals surface area contributed by atoms with Gasteiger partial charge >= 0.3 is 0 Å². The largest absolute Gasteiger partial charge is 0.388 e. The molecule has 0 saturated heterocycles. The number of aryl methyl sites for hydroxylation is 4. The highest BCUT2D eigenvalue weighted by atomic mass is 16.3. The summed E-state index contributed by atoms with van der Waals surface area (Å²) in [5, 5.41) is 14.4. The first kappa shape index (κ1) is 12.8. The fourth-order valence-corrected chi connectivity index (χ4v) is 2.50. The maximum atomic E-state index is 10.4. The molecule has 0 bridgehead atoms. The van der Waals surface area contributed by atoms with Crippen molar-refractivity contribution < 1.29 is 5.11 Å². The smallest absolute Gasteiger partial charge is 0.138 e. The highest BCUT2D eigenvalue weighted by molar-refractivity contribution is 5.39. The van der Waals surface area contributed by atoms with Crippen LogP contribution in [0.15, 0.2) is 18.5 Å². The number of benzene rings is 1. The van der Waals surface area contributed by atoms with Crippen LogP contribution in [-0.4, -0.2) is 19.9 Å². The molecule has 0 radical (unpaired) electrons. The predicted octanol–water partition coefficient (Wildman–Crippen LogP) is 2.02. The van der Waals surface area contributed by atoms with E-state index >= 15 is 0 Å². The van der Waals surface area contributed by atoms with Gasteiger partial charge in [0.1, 0.15) is 12.2 Å². The van der Waals surface area contributed by atoms with Crippen LogP contribution >= 0.6 is 0 Å². The van der Waals surface area contributed by atoms with Crippen molar-refractivity contribution >= 4 is 0 Å². The Bertz CT molecular complexity index is 537. The predicted molar refractivity (Wildman–Crippen MR) is 70.3 cm³/mol. The van der Waals surface area contributed by atoms with Crippen molar-refractivity contribution in [1.29, 1.82) is 0 Å². The van der Waals surface area contributed by atoms with Gasteiger partial charge in [0, 0.05) is 13.5 Å². The first-order chi connectivity index (χ1) is 8.49. The molecule has 1 unspecified atom stereocenters. The summed E-state index contributed by atoms with van der Waals surface area (Å²) in [5.41, 5.74) is 4.48. The summed E-state index contributed by atoms with van der Waals surface area (Å²) in [5.74, 6) is 0.793. The molecule has 0 aliphatic carbocycles. The fraction of sp³-hybridized carbons (Fsp3) is 0.429. The van der Waals surface area contributed by atoms with Crippen LogP contribution in [-0.2, 0) is 13.5 Å². The monoisotopic (exact) mass is 245 g/mol. The van der Waals surface area contributed by atoms with Crippen molar-refractivity contribution in [3.8, 4) is 0 Å². The Hall–Kier alpha value is -1.68. The number of aliphatic hydroxyl groups excluding tert-OH is 1. The average molecular weight is 245 g/mol. The Labute approximate surface area is 107 Å². The van der Waals surface area contributed by atoms with Gasteiger partial charge in [-0.2, -0.15) is 5.10 Å². The van der Waals surface area contributed by atoms with E-state index < -0.39 is 6.10 Å². The van der Waals surface area contributed by atoms with Gasteiger partial charge in [0.15, 0.2) is 0 Å². The molecule has 0 amide bonds. The quantitative estimate of drug-likeness (QED) is 0.900. The molecule has 2 aromatic rings. The van der Waals surface area contributed by atoms with Gasteiger partial charge in [-0.05, 0) is 37.5 Å². The lowest BCUT2D eigenvalue weighted by atomic mass is 9.94. The molecule has 0 fully saturated rings. The maximum Gasteiger partial charge on any atom is 0.138 e. The van der Waals surface area contributed by atoms with Crippen LogP contribution in [0.2, 0.25) is 0 Å². The van der Waals surface area contributed by atoms with E-state index in [1.54, 1.807) is 4.68 Å². The maximum absolute atomic E-state index is 10.4. The molecule has 18 heavy (non-hydrogen) atoms. The standard InChI is InChI=1S/C14H19N3O/c1-9-5-10(2)14(11(3)6-9)12(18)7-13-15-8-16-17(13)4/h5-6,8,12,18H,7H2,1-4H3. The van der Waals surface area contributed by atoms with Crippen molar-refractivity contribution in [3.63, 3.8) is 0 Å². The molecule has 1 heterocycles. The van der Waals surface area contributed by atoms with Crippen molar-refractivity contribution in [2.24, 2.45) is 7.05 Å². The van der Waals surface area contributed by atoms with Gasteiger partial charge in [-0.25, -0.2) is 4.98 Å².